The zero-order chi connectivity index (χ0) is 50.0. The van der Waals surface area contributed by atoms with E-state index in [9.17, 15) is 14.4 Å². The van der Waals surface area contributed by atoms with Crippen LogP contribution in [0.15, 0.2) is 122 Å². The summed E-state index contributed by atoms with van der Waals surface area (Å²) in [6.07, 6.45) is 77.7. The molecule has 6 nitrogen and oxygen atoms in total. The van der Waals surface area contributed by atoms with E-state index in [-0.39, 0.29) is 31.1 Å². The summed E-state index contributed by atoms with van der Waals surface area (Å²) < 4.78 is 16.7. The molecule has 390 valence electrons. The van der Waals surface area contributed by atoms with Crippen LogP contribution in [0.5, 0.6) is 0 Å². The van der Waals surface area contributed by atoms with Crippen LogP contribution < -0.4 is 0 Å². The molecule has 0 amide bonds. The van der Waals surface area contributed by atoms with Crippen molar-refractivity contribution in [3.05, 3.63) is 122 Å². The molecule has 0 aromatic carbocycles. The Hall–Kier alpha value is -4.19. The molecular formula is C63H102O6. The smallest absolute Gasteiger partial charge is 0.306 e. The summed E-state index contributed by atoms with van der Waals surface area (Å²) in [5, 5.41) is 0. The van der Waals surface area contributed by atoms with Crippen molar-refractivity contribution in [1.29, 1.82) is 0 Å². The van der Waals surface area contributed by atoms with Crippen molar-refractivity contribution in [3.8, 4) is 0 Å². The summed E-state index contributed by atoms with van der Waals surface area (Å²) in [4.78, 5) is 37.9. The van der Waals surface area contributed by atoms with E-state index in [2.05, 4.69) is 142 Å². The molecule has 0 aromatic heterocycles. The second-order valence-corrected chi connectivity index (χ2v) is 18.1. The topological polar surface area (TPSA) is 78.9 Å². The fourth-order valence-electron chi connectivity index (χ4n) is 7.25. The van der Waals surface area contributed by atoms with Gasteiger partial charge in [-0.15, -0.1) is 0 Å². The lowest BCUT2D eigenvalue weighted by Gasteiger charge is -2.18. The Bertz CT molecular complexity index is 1470. The Morgan fingerprint density at radius 1 is 0.304 bits per heavy atom. The first-order chi connectivity index (χ1) is 34.0. The molecule has 0 rings (SSSR count). The van der Waals surface area contributed by atoms with E-state index in [4.69, 9.17) is 14.2 Å². The summed E-state index contributed by atoms with van der Waals surface area (Å²) in [5.41, 5.74) is 0. The minimum absolute atomic E-state index is 0.0967. The van der Waals surface area contributed by atoms with E-state index in [1.807, 2.05) is 0 Å². The van der Waals surface area contributed by atoms with Gasteiger partial charge in [0.15, 0.2) is 6.10 Å². The molecule has 0 spiro atoms. The summed E-state index contributed by atoms with van der Waals surface area (Å²) in [7, 11) is 0. The number of hydrogen-bond donors (Lipinski definition) is 0. The molecule has 0 radical (unpaired) electrons. The molecular weight excluding hydrogens is 853 g/mol. The maximum absolute atomic E-state index is 12.8. The molecule has 0 saturated heterocycles. The van der Waals surface area contributed by atoms with E-state index >= 15 is 0 Å². The van der Waals surface area contributed by atoms with E-state index in [1.54, 1.807) is 0 Å². The number of allylic oxidation sites excluding steroid dienone is 20. The minimum atomic E-state index is -0.800. The standard InChI is InChI=1S/C63H102O6/c1-4-7-10-13-16-18-20-22-24-26-28-29-30-31-32-33-35-36-38-40-42-44-47-50-53-56-62(65)68-59-60(58-67-61(64)55-52-49-46-15-12-9-6-3)69-63(66)57-54-51-48-45-43-41-39-37-34-27-25-23-21-19-17-14-11-8-5-2/h7,10,16-19,22-25,28-29,31-32,34-37,40,42,60H,4-6,8-9,11-15,20-21,26-27,30,33,38-39,41,43-59H2,1-3H3/b10-7-,18-16-,19-17-,24-22-,25-23-,29-28-,32-31-,36-35-,37-34-,42-40-. The highest BCUT2D eigenvalue weighted by molar-refractivity contribution is 5.71. The predicted molar refractivity (Wildman–Crippen MR) is 297 cm³/mol. The molecule has 6 heteroatoms. The van der Waals surface area contributed by atoms with Crippen molar-refractivity contribution in [2.75, 3.05) is 13.2 Å². The monoisotopic (exact) mass is 955 g/mol. The quantitative estimate of drug-likeness (QED) is 0.0262. The van der Waals surface area contributed by atoms with Gasteiger partial charge >= 0.3 is 17.9 Å². The van der Waals surface area contributed by atoms with Crippen molar-refractivity contribution in [1.82, 2.24) is 0 Å². The van der Waals surface area contributed by atoms with Crippen molar-refractivity contribution in [3.63, 3.8) is 0 Å². The molecule has 1 unspecified atom stereocenters. The largest absolute Gasteiger partial charge is 0.462 e. The van der Waals surface area contributed by atoms with Gasteiger partial charge in [0.2, 0.25) is 0 Å². The average molecular weight is 956 g/mol. The maximum Gasteiger partial charge on any atom is 0.306 e. The highest BCUT2D eigenvalue weighted by Crippen LogP contribution is 2.13. The lowest BCUT2D eigenvalue weighted by molar-refractivity contribution is -0.167. The fourth-order valence-corrected chi connectivity index (χ4v) is 7.25. The van der Waals surface area contributed by atoms with Crippen LogP contribution in [0.1, 0.15) is 239 Å². The lowest BCUT2D eigenvalue weighted by Crippen LogP contribution is -2.30. The Labute approximate surface area is 424 Å². The van der Waals surface area contributed by atoms with Crippen LogP contribution in [0.25, 0.3) is 0 Å². The Morgan fingerprint density at radius 2 is 0.565 bits per heavy atom. The highest BCUT2D eigenvalue weighted by atomic mass is 16.6. The number of unbranched alkanes of at least 4 members (excludes halogenated alkanes) is 18. The van der Waals surface area contributed by atoms with Crippen LogP contribution in [0.2, 0.25) is 0 Å². The number of hydrogen-bond acceptors (Lipinski definition) is 6. The Balaban J connectivity index is 4.34. The Morgan fingerprint density at radius 3 is 0.928 bits per heavy atom. The van der Waals surface area contributed by atoms with Gasteiger partial charge in [0.1, 0.15) is 13.2 Å². The van der Waals surface area contributed by atoms with Crippen molar-refractivity contribution in [2.45, 2.75) is 245 Å². The van der Waals surface area contributed by atoms with Crippen LogP contribution in [-0.2, 0) is 28.6 Å². The number of carbonyl (C=O) groups excluding carboxylic acids is 3. The minimum Gasteiger partial charge on any atom is -0.462 e. The van der Waals surface area contributed by atoms with E-state index in [1.165, 1.54) is 64.2 Å². The van der Waals surface area contributed by atoms with E-state index < -0.39 is 6.10 Å². The number of carbonyl (C=O) groups is 3. The third kappa shape index (κ3) is 54.6. The highest BCUT2D eigenvalue weighted by Gasteiger charge is 2.19. The SMILES string of the molecule is CC/C=C\C/C=C\C/C=C\C/C=C\C/C=C\C/C=C\C/C=C\CCCCCC(=O)OCC(COC(=O)CCCCCCCCC)OC(=O)CCCCCCCC/C=C\C/C=C\C/C=C\CCCCC. The molecule has 0 aliphatic carbocycles. The van der Waals surface area contributed by atoms with Crippen LogP contribution in [-0.4, -0.2) is 37.2 Å². The third-order valence-corrected chi connectivity index (χ3v) is 11.5. The zero-order valence-electron chi connectivity index (χ0n) is 44.5. The van der Waals surface area contributed by atoms with E-state index in [0.29, 0.717) is 19.3 Å². The van der Waals surface area contributed by atoms with Gasteiger partial charge in [0.25, 0.3) is 0 Å². The summed E-state index contributed by atoms with van der Waals surface area (Å²) >= 11 is 0. The molecule has 0 heterocycles. The van der Waals surface area contributed by atoms with Gasteiger partial charge in [-0.1, -0.05) is 226 Å². The summed E-state index contributed by atoms with van der Waals surface area (Å²) in [6.45, 7) is 6.40. The Kier molecular flexibility index (Phi) is 53.0. The second kappa shape index (κ2) is 56.4. The number of ether oxygens (including phenoxy) is 3. The third-order valence-electron chi connectivity index (χ3n) is 11.5. The predicted octanol–water partition coefficient (Wildman–Crippen LogP) is 18.9. The first-order valence-corrected chi connectivity index (χ1v) is 28.0. The van der Waals surface area contributed by atoms with Crippen molar-refractivity contribution in [2.24, 2.45) is 0 Å². The van der Waals surface area contributed by atoms with Gasteiger partial charge < -0.3 is 14.2 Å². The second-order valence-electron chi connectivity index (χ2n) is 18.1. The van der Waals surface area contributed by atoms with Crippen molar-refractivity contribution >= 4 is 17.9 Å². The average Bonchev–Trinajstić information content (AvgIpc) is 3.35. The first kappa shape index (κ1) is 64.8. The molecule has 1 atom stereocenters. The molecule has 0 N–H and O–H groups in total. The van der Waals surface area contributed by atoms with E-state index in [0.717, 1.165) is 135 Å². The molecule has 0 aromatic rings. The van der Waals surface area contributed by atoms with Gasteiger partial charge in [0.05, 0.1) is 0 Å². The van der Waals surface area contributed by atoms with Crippen LogP contribution in [0.4, 0.5) is 0 Å². The zero-order valence-corrected chi connectivity index (χ0v) is 44.5. The molecule has 0 saturated carbocycles. The van der Waals surface area contributed by atoms with Crippen LogP contribution in [0.3, 0.4) is 0 Å². The summed E-state index contributed by atoms with van der Waals surface area (Å²) in [5.74, 6) is -0.955. The maximum atomic E-state index is 12.8. The number of esters is 3. The fraction of sp³-hybridized carbons (Fsp3) is 0.635. The normalized spacial score (nSPS) is 13.0. The number of rotatable bonds is 49. The summed E-state index contributed by atoms with van der Waals surface area (Å²) in [6, 6.07) is 0. The molecule has 0 aliphatic rings. The van der Waals surface area contributed by atoms with Crippen LogP contribution in [0, 0.1) is 0 Å². The van der Waals surface area contributed by atoms with Gasteiger partial charge in [-0.05, 0) is 116 Å². The van der Waals surface area contributed by atoms with Crippen molar-refractivity contribution < 1.29 is 28.6 Å². The van der Waals surface area contributed by atoms with Gasteiger partial charge in [0, 0.05) is 19.3 Å². The van der Waals surface area contributed by atoms with Gasteiger partial charge in [-0.3, -0.25) is 14.4 Å². The van der Waals surface area contributed by atoms with Gasteiger partial charge in [-0.25, -0.2) is 0 Å². The lowest BCUT2D eigenvalue weighted by atomic mass is 10.1. The van der Waals surface area contributed by atoms with Crippen LogP contribution >= 0.6 is 0 Å². The molecule has 0 bridgehead atoms. The molecule has 0 aliphatic heterocycles. The molecule has 0 fully saturated rings. The van der Waals surface area contributed by atoms with Gasteiger partial charge in [-0.2, -0.15) is 0 Å². The molecule has 69 heavy (non-hydrogen) atoms. The first-order valence-electron chi connectivity index (χ1n) is 28.0.